The Hall–Kier alpha value is -2.63. The van der Waals surface area contributed by atoms with Gasteiger partial charge in [0, 0.05) is 12.6 Å². The Balaban J connectivity index is 1.79. The van der Waals surface area contributed by atoms with E-state index in [1.807, 2.05) is 30.3 Å². The van der Waals surface area contributed by atoms with E-state index in [4.69, 9.17) is 4.98 Å². The molecule has 0 saturated carbocycles. The lowest BCUT2D eigenvalue weighted by molar-refractivity contribution is 0.389. The number of aromatic amines is 1. The van der Waals surface area contributed by atoms with Gasteiger partial charge in [-0.05, 0) is 43.7 Å². The van der Waals surface area contributed by atoms with Gasteiger partial charge in [-0.3, -0.25) is 9.78 Å². The highest BCUT2D eigenvalue weighted by Gasteiger charge is 2.26. The smallest absolute Gasteiger partial charge is 0.263 e. The Morgan fingerprint density at radius 1 is 1.23 bits per heavy atom. The van der Waals surface area contributed by atoms with E-state index in [9.17, 15) is 4.79 Å². The van der Waals surface area contributed by atoms with Crippen LogP contribution >= 0.6 is 0 Å². The van der Waals surface area contributed by atoms with Gasteiger partial charge in [-0.15, -0.1) is 0 Å². The summed E-state index contributed by atoms with van der Waals surface area (Å²) in [6.45, 7) is 5.43. The standard InChI is InChI=1S/C20H25N5O/c1-14(2)12-16-10-6-7-11-24(16)20-22-18-17(19(26)23-20)13-21-25(18)15-8-4-3-5-9-15/h3-5,8-9,13-14,16H,6-7,10-12H2,1-2H3,(H,22,23,26). The average molecular weight is 351 g/mol. The molecular weight excluding hydrogens is 326 g/mol. The Morgan fingerprint density at radius 3 is 2.81 bits per heavy atom. The van der Waals surface area contributed by atoms with Crippen LogP contribution < -0.4 is 10.5 Å². The summed E-state index contributed by atoms with van der Waals surface area (Å²) >= 11 is 0. The van der Waals surface area contributed by atoms with Gasteiger partial charge in [0.05, 0.1) is 11.9 Å². The van der Waals surface area contributed by atoms with E-state index in [0.29, 0.717) is 28.9 Å². The third kappa shape index (κ3) is 3.11. The molecule has 2 aromatic heterocycles. The number of rotatable bonds is 4. The first kappa shape index (κ1) is 16.8. The highest BCUT2D eigenvalue weighted by atomic mass is 16.1. The van der Waals surface area contributed by atoms with E-state index in [2.05, 4.69) is 28.8 Å². The molecule has 1 aromatic carbocycles. The fourth-order valence-corrected chi connectivity index (χ4v) is 3.87. The van der Waals surface area contributed by atoms with Crippen molar-refractivity contribution in [1.82, 2.24) is 19.7 Å². The number of piperidine rings is 1. The Kier molecular flexibility index (Phi) is 4.49. The molecule has 0 amide bonds. The van der Waals surface area contributed by atoms with Gasteiger partial charge in [0.2, 0.25) is 5.95 Å². The van der Waals surface area contributed by atoms with Crippen molar-refractivity contribution in [2.24, 2.45) is 5.92 Å². The van der Waals surface area contributed by atoms with E-state index >= 15 is 0 Å². The van der Waals surface area contributed by atoms with Crippen LogP contribution in [0, 0.1) is 5.92 Å². The zero-order chi connectivity index (χ0) is 18.1. The van der Waals surface area contributed by atoms with Crippen LogP contribution in [0.5, 0.6) is 0 Å². The van der Waals surface area contributed by atoms with Crippen molar-refractivity contribution in [2.45, 2.75) is 45.6 Å². The van der Waals surface area contributed by atoms with E-state index in [1.165, 1.54) is 6.42 Å². The van der Waals surface area contributed by atoms with Crippen molar-refractivity contribution in [1.29, 1.82) is 0 Å². The maximum atomic E-state index is 12.6. The molecule has 1 N–H and O–H groups in total. The second kappa shape index (κ2) is 6.94. The molecule has 1 fully saturated rings. The van der Waals surface area contributed by atoms with Crippen LogP contribution in [-0.4, -0.2) is 32.3 Å². The highest BCUT2D eigenvalue weighted by Crippen LogP contribution is 2.26. The summed E-state index contributed by atoms with van der Waals surface area (Å²) in [5.41, 5.74) is 1.40. The van der Waals surface area contributed by atoms with Crippen molar-refractivity contribution in [3.05, 3.63) is 46.9 Å². The van der Waals surface area contributed by atoms with Gasteiger partial charge in [-0.1, -0.05) is 32.0 Å². The molecule has 0 bridgehead atoms. The number of hydrogen-bond acceptors (Lipinski definition) is 4. The first-order valence-corrected chi connectivity index (χ1v) is 9.43. The van der Waals surface area contributed by atoms with Crippen LogP contribution in [0.25, 0.3) is 16.7 Å². The lowest BCUT2D eigenvalue weighted by atomic mass is 9.94. The molecule has 0 spiro atoms. The summed E-state index contributed by atoms with van der Waals surface area (Å²) in [7, 11) is 0. The number of para-hydroxylation sites is 1. The van der Waals surface area contributed by atoms with Crippen LogP contribution in [0.2, 0.25) is 0 Å². The molecule has 136 valence electrons. The van der Waals surface area contributed by atoms with Gasteiger partial charge in [-0.25, -0.2) is 4.68 Å². The number of nitrogens with one attached hydrogen (secondary N) is 1. The molecule has 1 saturated heterocycles. The lowest BCUT2D eigenvalue weighted by Gasteiger charge is -2.37. The molecule has 6 nitrogen and oxygen atoms in total. The minimum atomic E-state index is -0.124. The fraction of sp³-hybridized carbons (Fsp3) is 0.450. The lowest BCUT2D eigenvalue weighted by Crippen LogP contribution is -2.42. The van der Waals surface area contributed by atoms with Crippen molar-refractivity contribution in [2.75, 3.05) is 11.4 Å². The molecule has 1 unspecified atom stereocenters. The molecular formula is C20H25N5O. The highest BCUT2D eigenvalue weighted by molar-refractivity contribution is 5.76. The van der Waals surface area contributed by atoms with Crippen LogP contribution in [0.4, 0.5) is 5.95 Å². The summed E-state index contributed by atoms with van der Waals surface area (Å²) in [4.78, 5) is 22.7. The second-order valence-corrected chi connectivity index (χ2v) is 7.49. The molecule has 6 heteroatoms. The third-order valence-electron chi connectivity index (χ3n) is 5.07. The quantitative estimate of drug-likeness (QED) is 0.781. The van der Waals surface area contributed by atoms with Gasteiger partial charge in [0.15, 0.2) is 5.65 Å². The molecule has 26 heavy (non-hydrogen) atoms. The van der Waals surface area contributed by atoms with Gasteiger partial charge in [-0.2, -0.15) is 10.1 Å². The predicted molar refractivity (Wildman–Crippen MR) is 104 cm³/mol. The summed E-state index contributed by atoms with van der Waals surface area (Å²) in [5, 5.41) is 4.92. The number of hydrogen-bond donors (Lipinski definition) is 1. The minimum absolute atomic E-state index is 0.124. The van der Waals surface area contributed by atoms with Crippen molar-refractivity contribution < 1.29 is 0 Å². The maximum Gasteiger partial charge on any atom is 0.263 e. The molecule has 1 atom stereocenters. The Bertz CT molecular complexity index is 944. The summed E-state index contributed by atoms with van der Waals surface area (Å²) in [6, 6.07) is 10.2. The van der Waals surface area contributed by atoms with Gasteiger partial charge in [0.25, 0.3) is 5.56 Å². The minimum Gasteiger partial charge on any atom is -0.339 e. The molecule has 3 aromatic rings. The van der Waals surface area contributed by atoms with Crippen LogP contribution in [0.1, 0.15) is 39.5 Å². The molecule has 3 heterocycles. The van der Waals surface area contributed by atoms with Crippen molar-refractivity contribution in [3.8, 4) is 5.69 Å². The summed E-state index contributed by atoms with van der Waals surface area (Å²) in [6.07, 6.45) is 6.23. The second-order valence-electron chi connectivity index (χ2n) is 7.49. The number of benzene rings is 1. The summed E-state index contributed by atoms with van der Waals surface area (Å²) < 4.78 is 1.75. The van der Waals surface area contributed by atoms with E-state index in [-0.39, 0.29) is 5.56 Å². The van der Waals surface area contributed by atoms with Crippen molar-refractivity contribution in [3.63, 3.8) is 0 Å². The largest absolute Gasteiger partial charge is 0.339 e. The van der Waals surface area contributed by atoms with E-state index < -0.39 is 0 Å². The van der Waals surface area contributed by atoms with E-state index in [0.717, 1.165) is 31.5 Å². The number of aromatic nitrogens is 4. The van der Waals surface area contributed by atoms with E-state index in [1.54, 1.807) is 10.9 Å². The maximum absolute atomic E-state index is 12.6. The van der Waals surface area contributed by atoms with Gasteiger partial charge >= 0.3 is 0 Å². The Labute approximate surface area is 152 Å². The zero-order valence-electron chi connectivity index (χ0n) is 15.4. The molecule has 0 radical (unpaired) electrons. The molecule has 1 aliphatic rings. The zero-order valence-corrected chi connectivity index (χ0v) is 15.4. The normalized spacial score (nSPS) is 18.0. The number of fused-ring (bicyclic) bond motifs is 1. The first-order valence-electron chi connectivity index (χ1n) is 9.43. The molecule has 1 aliphatic heterocycles. The van der Waals surface area contributed by atoms with Gasteiger partial charge in [0.1, 0.15) is 5.39 Å². The predicted octanol–water partition coefficient (Wildman–Crippen LogP) is 3.51. The monoisotopic (exact) mass is 351 g/mol. The van der Waals surface area contributed by atoms with Crippen LogP contribution in [0.3, 0.4) is 0 Å². The fourth-order valence-electron chi connectivity index (χ4n) is 3.87. The first-order chi connectivity index (χ1) is 12.6. The average Bonchev–Trinajstić information content (AvgIpc) is 3.07. The summed E-state index contributed by atoms with van der Waals surface area (Å²) in [5.74, 6) is 1.29. The number of H-pyrrole nitrogens is 1. The van der Waals surface area contributed by atoms with Crippen LogP contribution in [-0.2, 0) is 0 Å². The molecule has 4 rings (SSSR count). The topological polar surface area (TPSA) is 66.8 Å². The Morgan fingerprint density at radius 2 is 2.04 bits per heavy atom. The SMILES string of the molecule is CC(C)CC1CCCCN1c1nc2c(cnn2-c2ccccc2)c(=O)[nH]1. The number of anilines is 1. The van der Waals surface area contributed by atoms with Crippen LogP contribution in [0.15, 0.2) is 41.3 Å². The van der Waals surface area contributed by atoms with Crippen molar-refractivity contribution >= 4 is 17.0 Å². The third-order valence-corrected chi connectivity index (χ3v) is 5.07. The number of nitrogens with zero attached hydrogens (tertiary/aromatic N) is 4. The molecule has 0 aliphatic carbocycles. The van der Waals surface area contributed by atoms with Gasteiger partial charge < -0.3 is 4.90 Å².